The van der Waals surface area contributed by atoms with Crippen molar-refractivity contribution in [1.29, 1.82) is 0 Å². The van der Waals surface area contributed by atoms with Gasteiger partial charge in [-0.05, 0) is 44.0 Å². The van der Waals surface area contributed by atoms with Gasteiger partial charge in [-0.25, -0.2) is 9.97 Å². The standard InChI is InChI=1S/C27H27N5O2S2/c1-18-24(9-6-12-28-18)34-25-15-22(36-21-7-4-3-5-8-21)16-29-26(25)31-27-30-23(17-35-27)20-10-13-32(14-11-20)19(2)33/h3-9,12,15-17,20H,10-11,13-14H2,1-2H3,(H,29,30,31). The van der Waals surface area contributed by atoms with Gasteiger partial charge in [-0.15, -0.1) is 11.3 Å². The molecule has 1 fully saturated rings. The van der Waals surface area contributed by atoms with E-state index < -0.39 is 0 Å². The molecule has 5 rings (SSSR count). The number of pyridine rings is 2. The minimum atomic E-state index is 0.144. The van der Waals surface area contributed by atoms with Crippen LogP contribution in [-0.2, 0) is 4.79 Å². The Kier molecular flexibility index (Phi) is 7.48. The van der Waals surface area contributed by atoms with Crippen molar-refractivity contribution >= 4 is 40.0 Å². The number of anilines is 2. The maximum Gasteiger partial charge on any atom is 0.219 e. The van der Waals surface area contributed by atoms with Gasteiger partial charge in [0, 0.05) is 59.6 Å². The Labute approximate surface area is 219 Å². The molecule has 1 saturated heterocycles. The van der Waals surface area contributed by atoms with E-state index in [0.29, 0.717) is 23.2 Å². The molecule has 1 N–H and O–H groups in total. The van der Waals surface area contributed by atoms with Crippen molar-refractivity contribution < 1.29 is 9.53 Å². The minimum absolute atomic E-state index is 0.144. The van der Waals surface area contributed by atoms with Gasteiger partial charge in [0.25, 0.3) is 0 Å². The fourth-order valence-electron chi connectivity index (χ4n) is 4.10. The van der Waals surface area contributed by atoms with E-state index in [1.807, 2.05) is 54.4 Å². The van der Waals surface area contributed by atoms with E-state index in [4.69, 9.17) is 14.7 Å². The Morgan fingerprint density at radius 3 is 2.64 bits per heavy atom. The summed E-state index contributed by atoms with van der Waals surface area (Å²) in [6.45, 7) is 5.12. The molecule has 1 aliphatic rings. The van der Waals surface area contributed by atoms with Gasteiger partial charge in [0.1, 0.15) is 5.75 Å². The van der Waals surface area contributed by atoms with E-state index in [0.717, 1.165) is 52.2 Å². The average molecular weight is 518 g/mol. The van der Waals surface area contributed by atoms with Gasteiger partial charge in [0.05, 0.1) is 11.4 Å². The number of amides is 1. The molecule has 0 aliphatic carbocycles. The first-order chi connectivity index (χ1) is 17.5. The number of rotatable bonds is 7. The maximum absolute atomic E-state index is 11.6. The lowest BCUT2D eigenvalue weighted by atomic mass is 9.94. The zero-order valence-electron chi connectivity index (χ0n) is 20.2. The molecule has 3 aromatic heterocycles. The number of hydrogen-bond acceptors (Lipinski definition) is 8. The van der Waals surface area contributed by atoms with Crippen LogP contribution in [0.4, 0.5) is 10.9 Å². The van der Waals surface area contributed by atoms with Crippen molar-refractivity contribution in [3.05, 3.63) is 77.7 Å². The molecule has 9 heteroatoms. The van der Waals surface area contributed by atoms with Gasteiger partial charge in [-0.3, -0.25) is 9.78 Å². The Bertz CT molecular complexity index is 1340. The monoisotopic (exact) mass is 517 g/mol. The van der Waals surface area contributed by atoms with Crippen LogP contribution in [0, 0.1) is 6.92 Å². The first-order valence-corrected chi connectivity index (χ1v) is 13.5. The van der Waals surface area contributed by atoms with E-state index in [2.05, 4.69) is 27.8 Å². The number of nitrogens with one attached hydrogen (secondary N) is 1. The average Bonchev–Trinajstić information content (AvgIpc) is 3.36. The Balaban J connectivity index is 1.36. The Morgan fingerprint density at radius 1 is 1.08 bits per heavy atom. The quantitative estimate of drug-likeness (QED) is 0.294. The Hall–Kier alpha value is -3.43. The molecule has 4 aromatic rings. The van der Waals surface area contributed by atoms with Gasteiger partial charge in [-0.2, -0.15) is 0 Å². The molecule has 4 heterocycles. The predicted molar refractivity (Wildman–Crippen MR) is 143 cm³/mol. The number of piperidine rings is 1. The SMILES string of the molecule is CC(=O)N1CCC(c2csc(Nc3ncc(Sc4ccccc4)cc3Oc3cccnc3C)n2)CC1. The van der Waals surface area contributed by atoms with Crippen LogP contribution in [0.15, 0.2) is 76.1 Å². The molecule has 0 radical (unpaired) electrons. The largest absolute Gasteiger partial charge is 0.452 e. The second kappa shape index (κ2) is 11.1. The van der Waals surface area contributed by atoms with Crippen LogP contribution in [0.25, 0.3) is 0 Å². The highest BCUT2D eigenvalue weighted by molar-refractivity contribution is 7.99. The molecule has 1 aliphatic heterocycles. The third-order valence-corrected chi connectivity index (χ3v) is 7.83. The molecule has 0 spiro atoms. The number of thiazole rings is 1. The van der Waals surface area contributed by atoms with Gasteiger partial charge >= 0.3 is 0 Å². The van der Waals surface area contributed by atoms with Crippen molar-refractivity contribution in [1.82, 2.24) is 19.9 Å². The normalized spacial score (nSPS) is 14.0. The third kappa shape index (κ3) is 5.85. The van der Waals surface area contributed by atoms with E-state index in [9.17, 15) is 4.79 Å². The van der Waals surface area contributed by atoms with Crippen molar-refractivity contribution in [3.63, 3.8) is 0 Å². The van der Waals surface area contributed by atoms with E-state index in [1.165, 1.54) is 0 Å². The fraction of sp³-hybridized carbons (Fsp3) is 0.259. The van der Waals surface area contributed by atoms with Crippen LogP contribution in [0.1, 0.15) is 37.1 Å². The van der Waals surface area contributed by atoms with Crippen molar-refractivity contribution in [2.24, 2.45) is 0 Å². The highest BCUT2D eigenvalue weighted by atomic mass is 32.2. The lowest BCUT2D eigenvalue weighted by Gasteiger charge is -2.30. The van der Waals surface area contributed by atoms with Crippen LogP contribution >= 0.6 is 23.1 Å². The topological polar surface area (TPSA) is 80.2 Å². The van der Waals surface area contributed by atoms with E-state index in [1.54, 1.807) is 36.2 Å². The zero-order valence-corrected chi connectivity index (χ0v) is 21.8. The number of likely N-dealkylation sites (tertiary alicyclic amines) is 1. The molecule has 0 atom stereocenters. The molecular formula is C27H27N5O2S2. The molecule has 0 saturated carbocycles. The van der Waals surface area contributed by atoms with Crippen molar-refractivity contribution in [2.75, 3.05) is 18.4 Å². The van der Waals surface area contributed by atoms with Crippen molar-refractivity contribution in [2.45, 2.75) is 42.4 Å². The summed E-state index contributed by atoms with van der Waals surface area (Å²) in [5.41, 5.74) is 1.87. The molecule has 0 unspecified atom stereocenters. The lowest BCUT2D eigenvalue weighted by Crippen LogP contribution is -2.36. The highest BCUT2D eigenvalue weighted by Gasteiger charge is 2.24. The van der Waals surface area contributed by atoms with Crippen LogP contribution in [-0.4, -0.2) is 38.8 Å². The third-order valence-electron chi connectivity index (χ3n) is 6.09. The smallest absolute Gasteiger partial charge is 0.219 e. The van der Waals surface area contributed by atoms with E-state index in [-0.39, 0.29) is 5.91 Å². The van der Waals surface area contributed by atoms with Crippen LogP contribution < -0.4 is 10.1 Å². The number of hydrogen-bond donors (Lipinski definition) is 1. The molecular weight excluding hydrogens is 490 g/mol. The maximum atomic E-state index is 11.6. The molecule has 36 heavy (non-hydrogen) atoms. The second-order valence-corrected chi connectivity index (χ2v) is 10.6. The van der Waals surface area contributed by atoms with Gasteiger partial charge in [0.15, 0.2) is 16.7 Å². The highest BCUT2D eigenvalue weighted by Crippen LogP contribution is 2.38. The number of aryl methyl sites for hydroxylation is 1. The van der Waals surface area contributed by atoms with Gasteiger partial charge < -0.3 is 15.0 Å². The summed E-state index contributed by atoms with van der Waals surface area (Å²) in [4.78, 5) is 29.5. The number of benzene rings is 1. The van der Waals surface area contributed by atoms with Crippen LogP contribution in [0.3, 0.4) is 0 Å². The molecule has 184 valence electrons. The summed E-state index contributed by atoms with van der Waals surface area (Å²) < 4.78 is 6.29. The number of aromatic nitrogens is 3. The van der Waals surface area contributed by atoms with Gasteiger partial charge in [-0.1, -0.05) is 30.0 Å². The van der Waals surface area contributed by atoms with Gasteiger partial charge in [0.2, 0.25) is 5.91 Å². The number of ether oxygens (including phenoxy) is 1. The van der Waals surface area contributed by atoms with Crippen LogP contribution in [0.5, 0.6) is 11.5 Å². The second-order valence-electron chi connectivity index (χ2n) is 8.60. The summed E-state index contributed by atoms with van der Waals surface area (Å²) in [5.74, 6) is 2.40. The summed E-state index contributed by atoms with van der Waals surface area (Å²) in [7, 11) is 0. The fourth-order valence-corrected chi connectivity index (χ4v) is 5.73. The molecule has 7 nitrogen and oxygen atoms in total. The molecule has 0 bridgehead atoms. The summed E-state index contributed by atoms with van der Waals surface area (Å²) in [6.07, 6.45) is 5.45. The first-order valence-electron chi connectivity index (χ1n) is 11.9. The van der Waals surface area contributed by atoms with Crippen LogP contribution in [0.2, 0.25) is 0 Å². The minimum Gasteiger partial charge on any atom is -0.452 e. The zero-order chi connectivity index (χ0) is 24.9. The summed E-state index contributed by atoms with van der Waals surface area (Å²) in [5, 5.41) is 6.23. The lowest BCUT2D eigenvalue weighted by molar-refractivity contribution is -0.129. The number of nitrogens with zero attached hydrogens (tertiary/aromatic N) is 4. The molecule has 1 amide bonds. The predicted octanol–water partition coefficient (Wildman–Crippen LogP) is 6.65. The molecule has 1 aromatic carbocycles. The summed E-state index contributed by atoms with van der Waals surface area (Å²) >= 11 is 3.18. The number of carbonyl (C=O) groups excluding carboxylic acids is 1. The Morgan fingerprint density at radius 2 is 1.89 bits per heavy atom. The first kappa shape index (κ1) is 24.3. The van der Waals surface area contributed by atoms with Crippen molar-refractivity contribution in [3.8, 4) is 11.5 Å². The number of carbonyl (C=O) groups is 1. The summed E-state index contributed by atoms with van der Waals surface area (Å²) in [6, 6.07) is 15.9. The van der Waals surface area contributed by atoms with E-state index >= 15 is 0 Å².